The Morgan fingerprint density at radius 1 is 1.43 bits per heavy atom. The molecular formula is C15H24O6. The lowest BCUT2D eigenvalue weighted by atomic mass is 9.60. The molecule has 21 heavy (non-hydrogen) atoms. The summed E-state index contributed by atoms with van der Waals surface area (Å²) in [6, 6.07) is 0. The quantitative estimate of drug-likeness (QED) is 0.424. The van der Waals surface area contributed by atoms with Gasteiger partial charge in [0, 0.05) is 18.3 Å². The number of hydrogen-bond acceptors (Lipinski definition) is 5. The van der Waals surface area contributed by atoms with Crippen molar-refractivity contribution < 1.29 is 29.6 Å². The Morgan fingerprint density at radius 2 is 2.05 bits per heavy atom. The maximum absolute atomic E-state index is 11.7. The van der Waals surface area contributed by atoms with E-state index in [1.165, 1.54) is 13.8 Å². The molecule has 0 aliphatic heterocycles. The predicted octanol–water partition coefficient (Wildman–Crippen LogP) is 2.17. The molecule has 1 aliphatic carbocycles. The highest BCUT2D eigenvalue weighted by Crippen LogP contribution is 2.47. The largest absolute Gasteiger partial charge is 0.481 e. The highest BCUT2D eigenvalue weighted by molar-refractivity contribution is 5.76. The van der Waals surface area contributed by atoms with Gasteiger partial charge in [-0.2, -0.15) is 0 Å². The van der Waals surface area contributed by atoms with Gasteiger partial charge in [0.25, 0.3) is 0 Å². The minimum absolute atomic E-state index is 0.00616. The summed E-state index contributed by atoms with van der Waals surface area (Å²) in [5.41, 5.74) is -1.55. The molecule has 1 aliphatic rings. The van der Waals surface area contributed by atoms with Crippen molar-refractivity contribution in [3.63, 3.8) is 0 Å². The van der Waals surface area contributed by atoms with Crippen molar-refractivity contribution >= 4 is 18.0 Å². The van der Waals surface area contributed by atoms with Gasteiger partial charge in [-0.05, 0) is 32.1 Å². The fourth-order valence-corrected chi connectivity index (χ4v) is 3.60. The van der Waals surface area contributed by atoms with E-state index < -0.39 is 23.4 Å². The van der Waals surface area contributed by atoms with Crippen LogP contribution in [0.1, 0.15) is 46.5 Å². The molecule has 0 radical (unpaired) electrons. The molecule has 0 amide bonds. The Hall–Kier alpha value is -1.27. The summed E-state index contributed by atoms with van der Waals surface area (Å²) in [6.45, 7) is 4.92. The Balaban J connectivity index is 3.14. The molecule has 0 aromatic heterocycles. The molecule has 6 nitrogen and oxygen atoms in total. The van der Waals surface area contributed by atoms with E-state index in [1.54, 1.807) is 0 Å². The summed E-state index contributed by atoms with van der Waals surface area (Å²) < 4.78 is 0. The van der Waals surface area contributed by atoms with Gasteiger partial charge >= 0.3 is 5.97 Å². The van der Waals surface area contributed by atoms with Gasteiger partial charge in [0.1, 0.15) is 5.78 Å². The number of carboxylic acids is 1. The van der Waals surface area contributed by atoms with Gasteiger partial charge < -0.3 is 9.90 Å². The van der Waals surface area contributed by atoms with Gasteiger partial charge in [-0.15, -0.1) is 0 Å². The highest BCUT2D eigenvalue weighted by Gasteiger charge is 2.55. The Labute approximate surface area is 124 Å². The predicted molar refractivity (Wildman–Crippen MR) is 74.6 cm³/mol. The molecule has 0 heterocycles. The Bertz CT molecular complexity index is 407. The normalized spacial score (nSPS) is 34.2. The van der Waals surface area contributed by atoms with Crippen molar-refractivity contribution in [2.24, 2.45) is 23.7 Å². The van der Waals surface area contributed by atoms with E-state index in [9.17, 15) is 24.7 Å². The first kappa shape index (κ1) is 17.8. The molecule has 0 spiro atoms. The van der Waals surface area contributed by atoms with E-state index in [1.807, 2.05) is 6.92 Å². The number of carboxylic acid groups (broad SMARTS) is 1. The zero-order chi connectivity index (χ0) is 16.2. The molecule has 1 fully saturated rings. The van der Waals surface area contributed by atoms with Gasteiger partial charge in [0.2, 0.25) is 0 Å². The Morgan fingerprint density at radius 3 is 2.48 bits per heavy atom. The van der Waals surface area contributed by atoms with Crippen LogP contribution in [0.25, 0.3) is 0 Å². The molecular weight excluding hydrogens is 276 g/mol. The first-order valence-corrected chi connectivity index (χ1v) is 7.31. The van der Waals surface area contributed by atoms with Crippen LogP contribution in [0, 0.1) is 23.7 Å². The van der Waals surface area contributed by atoms with Crippen molar-refractivity contribution in [3.05, 3.63) is 0 Å². The summed E-state index contributed by atoms with van der Waals surface area (Å²) in [6.07, 6.45) is 2.44. The Kier molecular flexibility index (Phi) is 6.04. The number of hydrogen-bond donors (Lipinski definition) is 2. The van der Waals surface area contributed by atoms with E-state index in [2.05, 4.69) is 4.89 Å². The number of aliphatic carboxylic acids is 1. The summed E-state index contributed by atoms with van der Waals surface area (Å²) in [4.78, 5) is 38.8. The lowest BCUT2D eigenvalue weighted by Crippen LogP contribution is -2.56. The minimum atomic E-state index is -1.55. The van der Waals surface area contributed by atoms with Gasteiger partial charge in [-0.1, -0.05) is 13.8 Å². The lowest BCUT2D eigenvalue weighted by molar-refractivity contribution is -0.347. The van der Waals surface area contributed by atoms with Crippen LogP contribution in [0.5, 0.6) is 0 Å². The smallest absolute Gasteiger partial charge is 0.306 e. The topological polar surface area (TPSA) is 101 Å². The van der Waals surface area contributed by atoms with Crippen molar-refractivity contribution in [1.29, 1.82) is 0 Å². The first-order chi connectivity index (χ1) is 9.80. The summed E-state index contributed by atoms with van der Waals surface area (Å²) in [5, 5.41) is 18.6. The molecule has 5 atom stereocenters. The molecule has 2 N–H and O–H groups in total. The number of ketones is 1. The van der Waals surface area contributed by atoms with Crippen LogP contribution >= 0.6 is 0 Å². The third-order valence-electron chi connectivity index (χ3n) is 4.92. The molecule has 0 aromatic rings. The van der Waals surface area contributed by atoms with Gasteiger partial charge in [-0.25, -0.2) is 4.89 Å². The monoisotopic (exact) mass is 300 g/mol. The maximum Gasteiger partial charge on any atom is 0.306 e. The zero-order valence-electron chi connectivity index (χ0n) is 12.7. The van der Waals surface area contributed by atoms with Crippen LogP contribution in [0.4, 0.5) is 0 Å². The molecule has 6 heteroatoms. The second-order valence-corrected chi connectivity index (χ2v) is 6.20. The van der Waals surface area contributed by atoms with Crippen molar-refractivity contribution in [3.8, 4) is 0 Å². The highest BCUT2D eigenvalue weighted by atomic mass is 17.1. The number of rotatable bonds is 7. The second kappa shape index (κ2) is 7.13. The third-order valence-corrected chi connectivity index (χ3v) is 4.92. The van der Waals surface area contributed by atoms with Crippen LogP contribution in [0.3, 0.4) is 0 Å². The van der Waals surface area contributed by atoms with Crippen LogP contribution < -0.4 is 0 Å². The first-order valence-electron chi connectivity index (χ1n) is 7.31. The summed E-state index contributed by atoms with van der Waals surface area (Å²) in [7, 11) is 0. The summed E-state index contributed by atoms with van der Waals surface area (Å²) in [5.74, 6) is -2.75. The summed E-state index contributed by atoms with van der Waals surface area (Å²) >= 11 is 0. The van der Waals surface area contributed by atoms with Gasteiger partial charge in [0.05, 0.1) is 5.92 Å². The fraction of sp³-hybridized carbons (Fsp3) is 0.800. The van der Waals surface area contributed by atoms with E-state index in [0.29, 0.717) is 19.1 Å². The number of aldehydes is 1. The number of carbonyl (C=O) groups excluding carboxylic acids is 2. The van der Waals surface area contributed by atoms with Crippen molar-refractivity contribution in [2.45, 2.75) is 52.1 Å². The molecule has 1 saturated carbocycles. The zero-order valence-corrected chi connectivity index (χ0v) is 12.7. The SMILES string of the molecule is CC(=O)CC[C@H]1[C@H](C)CC[C@@H]([C@@H](C)C(=O)O)[C@]1(C=O)OO. The molecule has 0 aromatic carbocycles. The minimum Gasteiger partial charge on any atom is -0.481 e. The second-order valence-electron chi connectivity index (χ2n) is 6.20. The van der Waals surface area contributed by atoms with Crippen LogP contribution in [0.2, 0.25) is 0 Å². The van der Waals surface area contributed by atoms with E-state index in [4.69, 9.17) is 0 Å². The molecule has 0 unspecified atom stereocenters. The van der Waals surface area contributed by atoms with Crippen LogP contribution in [-0.2, 0) is 19.3 Å². The average molecular weight is 300 g/mol. The standard InChI is InChI=1S/C15H24O6/c1-9-4-6-13(11(3)14(18)19)15(8-16,21-20)12(9)7-5-10(2)17/h8-9,11-13,20H,4-7H2,1-3H3,(H,18,19)/t9-,11-,12+,13+,15-/m1/s1. The lowest BCUT2D eigenvalue weighted by Gasteiger charge is -2.48. The molecule has 120 valence electrons. The van der Waals surface area contributed by atoms with E-state index >= 15 is 0 Å². The van der Waals surface area contributed by atoms with Crippen LogP contribution in [-0.4, -0.2) is 34.0 Å². The van der Waals surface area contributed by atoms with Gasteiger partial charge in [0.15, 0.2) is 11.9 Å². The number of carbonyl (C=O) groups is 3. The molecule has 0 bridgehead atoms. The third kappa shape index (κ3) is 3.49. The van der Waals surface area contributed by atoms with E-state index in [-0.39, 0.29) is 24.0 Å². The van der Waals surface area contributed by atoms with Crippen molar-refractivity contribution in [2.75, 3.05) is 0 Å². The molecule has 1 rings (SSSR count). The molecule has 0 saturated heterocycles. The van der Waals surface area contributed by atoms with E-state index in [0.717, 1.165) is 6.42 Å². The van der Waals surface area contributed by atoms with Crippen LogP contribution in [0.15, 0.2) is 0 Å². The van der Waals surface area contributed by atoms with Gasteiger partial charge in [-0.3, -0.25) is 14.8 Å². The average Bonchev–Trinajstić information content (AvgIpc) is 2.44. The maximum atomic E-state index is 11.7. The number of Topliss-reactive ketones (excluding diaryl/α,β-unsaturated/α-hetero) is 1. The van der Waals surface area contributed by atoms with Crippen molar-refractivity contribution in [1.82, 2.24) is 0 Å². The fourth-order valence-electron chi connectivity index (χ4n) is 3.60.